The van der Waals surface area contributed by atoms with Gasteiger partial charge in [0.05, 0.1) is 17.6 Å². The molecule has 1 aliphatic rings. The molecule has 26 heavy (non-hydrogen) atoms. The van der Waals surface area contributed by atoms with Gasteiger partial charge in [0, 0.05) is 34.1 Å². The third kappa shape index (κ3) is 3.17. The summed E-state index contributed by atoms with van der Waals surface area (Å²) in [5.74, 6) is 1.04. The fourth-order valence-electron chi connectivity index (χ4n) is 3.52. The monoisotopic (exact) mass is 429 g/mol. The minimum atomic E-state index is 0.0285. The first-order valence-corrected chi connectivity index (χ1v) is 9.54. The molecule has 1 unspecified atom stereocenters. The largest absolute Gasteiger partial charge is 0.323 e. The van der Waals surface area contributed by atoms with Crippen molar-refractivity contribution in [2.24, 2.45) is 0 Å². The predicted molar refractivity (Wildman–Crippen MR) is 109 cm³/mol. The molecule has 0 saturated carbocycles. The van der Waals surface area contributed by atoms with E-state index in [0.29, 0.717) is 24.5 Å². The van der Waals surface area contributed by atoms with Crippen LogP contribution < -0.4 is 4.90 Å². The lowest BCUT2D eigenvalue weighted by Crippen LogP contribution is -2.24. The molecule has 132 valence electrons. The third-order valence-corrected chi connectivity index (χ3v) is 5.11. The van der Waals surface area contributed by atoms with Gasteiger partial charge in [-0.1, -0.05) is 52.3 Å². The fraction of sp³-hybridized carbons (Fsp3) is 0.200. The van der Waals surface area contributed by atoms with Crippen LogP contribution in [0.4, 0.5) is 5.69 Å². The normalized spacial score (nSPS) is 17.2. The second kappa shape index (κ2) is 6.89. The van der Waals surface area contributed by atoms with Crippen molar-refractivity contribution in [3.8, 4) is 0 Å². The first kappa shape index (κ1) is 17.3. The predicted octanol–water partition coefficient (Wildman–Crippen LogP) is 5.12. The second-order valence-electron chi connectivity index (χ2n) is 6.45. The maximum absolute atomic E-state index is 12.6. The first-order valence-electron chi connectivity index (χ1n) is 8.37. The summed E-state index contributed by atoms with van der Waals surface area (Å²) < 4.78 is 3.02. The van der Waals surface area contributed by atoms with E-state index in [9.17, 15) is 4.79 Å². The van der Waals surface area contributed by atoms with Gasteiger partial charge in [-0.05, 0) is 30.3 Å². The molecular formula is C20H17BrClN3O. The smallest absolute Gasteiger partial charge is 0.227 e. The highest BCUT2D eigenvalue weighted by molar-refractivity contribution is 9.11. The van der Waals surface area contributed by atoms with E-state index in [1.165, 1.54) is 0 Å². The molecule has 4 nitrogen and oxygen atoms in total. The van der Waals surface area contributed by atoms with Crippen molar-refractivity contribution < 1.29 is 4.79 Å². The van der Waals surface area contributed by atoms with Crippen molar-refractivity contribution in [2.45, 2.75) is 18.9 Å². The molecule has 1 atom stereocenters. The molecule has 0 bridgehead atoms. The number of hydrogen-bond acceptors (Lipinski definition) is 2. The van der Waals surface area contributed by atoms with E-state index < -0.39 is 0 Å². The lowest BCUT2D eigenvalue weighted by molar-refractivity contribution is -0.117. The van der Waals surface area contributed by atoms with Gasteiger partial charge in [-0.25, -0.2) is 4.98 Å². The topological polar surface area (TPSA) is 38.1 Å². The molecule has 1 amide bonds. The number of benzene rings is 2. The molecule has 3 aromatic rings. The van der Waals surface area contributed by atoms with Crippen LogP contribution in [-0.4, -0.2) is 22.0 Å². The summed E-state index contributed by atoms with van der Waals surface area (Å²) >= 11 is 9.55. The van der Waals surface area contributed by atoms with Gasteiger partial charge in [0.25, 0.3) is 0 Å². The van der Waals surface area contributed by atoms with Crippen LogP contribution in [0.15, 0.2) is 59.6 Å². The lowest BCUT2D eigenvalue weighted by Gasteiger charge is -2.17. The summed E-state index contributed by atoms with van der Waals surface area (Å²) in [6.07, 6.45) is 0.435. The summed E-state index contributed by atoms with van der Waals surface area (Å²) in [5, 5.41) is 0.626. The van der Waals surface area contributed by atoms with Crippen molar-refractivity contribution in [1.29, 1.82) is 0 Å². The van der Waals surface area contributed by atoms with Crippen LogP contribution >= 0.6 is 27.5 Å². The number of fused-ring (bicyclic) bond motifs is 1. The van der Waals surface area contributed by atoms with Gasteiger partial charge in [0.15, 0.2) is 0 Å². The number of para-hydroxylation sites is 2. The summed E-state index contributed by atoms with van der Waals surface area (Å²) in [6, 6.07) is 15.4. The zero-order valence-corrected chi connectivity index (χ0v) is 16.4. The molecule has 4 rings (SSSR count). The van der Waals surface area contributed by atoms with Gasteiger partial charge in [0.1, 0.15) is 5.82 Å². The highest BCUT2D eigenvalue weighted by Crippen LogP contribution is 2.34. The maximum atomic E-state index is 12.6. The number of imidazole rings is 1. The molecular weight excluding hydrogens is 414 g/mol. The molecule has 0 aliphatic carbocycles. The summed E-state index contributed by atoms with van der Waals surface area (Å²) in [6.45, 7) is 5.18. The van der Waals surface area contributed by atoms with Crippen LogP contribution in [0.2, 0.25) is 5.02 Å². The minimum absolute atomic E-state index is 0.0285. The van der Waals surface area contributed by atoms with E-state index in [1.807, 2.05) is 48.5 Å². The zero-order chi connectivity index (χ0) is 18.3. The molecule has 1 aliphatic heterocycles. The lowest BCUT2D eigenvalue weighted by atomic mass is 10.1. The molecule has 0 radical (unpaired) electrons. The Morgan fingerprint density at radius 1 is 1.27 bits per heavy atom. The van der Waals surface area contributed by atoms with Gasteiger partial charge in [0.2, 0.25) is 5.91 Å². The van der Waals surface area contributed by atoms with Crippen LogP contribution in [0.5, 0.6) is 0 Å². The molecule has 6 heteroatoms. The van der Waals surface area contributed by atoms with Crippen LogP contribution in [0.3, 0.4) is 0 Å². The van der Waals surface area contributed by atoms with E-state index in [4.69, 9.17) is 16.6 Å². The molecule has 0 spiro atoms. The summed E-state index contributed by atoms with van der Waals surface area (Å²) in [5.41, 5.74) is 2.82. The number of carbonyl (C=O) groups is 1. The molecule has 1 aromatic heterocycles. The van der Waals surface area contributed by atoms with Crippen molar-refractivity contribution in [3.05, 3.63) is 70.4 Å². The Kier molecular flexibility index (Phi) is 4.59. The molecule has 0 N–H and O–H groups in total. The third-order valence-electron chi connectivity index (χ3n) is 4.62. The molecule has 2 aromatic carbocycles. The van der Waals surface area contributed by atoms with E-state index >= 15 is 0 Å². The second-order valence-corrected chi connectivity index (χ2v) is 8.01. The Morgan fingerprint density at radius 2 is 2.08 bits per heavy atom. The average molecular weight is 431 g/mol. The number of rotatable bonds is 4. The molecule has 2 heterocycles. The number of anilines is 1. The summed E-state index contributed by atoms with van der Waals surface area (Å²) in [7, 11) is 0. The number of aromatic nitrogens is 2. The standard InChI is InChI=1S/C20H17BrClN3O/c1-13(21)11-25-18-8-3-2-7-17(18)23-20(25)14-9-19(26)24(12-14)16-6-4-5-15(22)10-16/h2-8,10,14H,1,9,11-12H2. The SMILES string of the molecule is C=C(Br)Cn1c(C2CC(=O)N(c3cccc(Cl)c3)C2)nc2ccccc21. The van der Waals surface area contributed by atoms with Crippen LogP contribution in [0, 0.1) is 0 Å². The highest BCUT2D eigenvalue weighted by Gasteiger charge is 2.34. The van der Waals surface area contributed by atoms with E-state index in [1.54, 1.807) is 4.90 Å². The van der Waals surface area contributed by atoms with Gasteiger partial charge < -0.3 is 9.47 Å². The number of allylic oxidation sites excluding steroid dienone is 1. The Hall–Kier alpha value is -2.11. The van der Waals surface area contributed by atoms with Crippen LogP contribution in [-0.2, 0) is 11.3 Å². The van der Waals surface area contributed by atoms with Crippen molar-refractivity contribution in [2.75, 3.05) is 11.4 Å². The Morgan fingerprint density at radius 3 is 2.85 bits per heavy atom. The maximum Gasteiger partial charge on any atom is 0.227 e. The number of amides is 1. The molecule has 1 fully saturated rings. The van der Waals surface area contributed by atoms with Crippen molar-refractivity contribution >= 4 is 50.2 Å². The minimum Gasteiger partial charge on any atom is -0.323 e. The van der Waals surface area contributed by atoms with E-state index in [2.05, 4.69) is 27.1 Å². The van der Waals surface area contributed by atoms with Crippen LogP contribution in [0.25, 0.3) is 11.0 Å². The number of nitrogens with zero attached hydrogens (tertiary/aromatic N) is 3. The van der Waals surface area contributed by atoms with E-state index in [-0.39, 0.29) is 11.8 Å². The number of hydrogen-bond donors (Lipinski definition) is 0. The first-order chi connectivity index (χ1) is 12.5. The van der Waals surface area contributed by atoms with Crippen molar-refractivity contribution in [1.82, 2.24) is 9.55 Å². The number of carbonyl (C=O) groups excluding carboxylic acids is 1. The zero-order valence-electron chi connectivity index (χ0n) is 14.0. The van der Waals surface area contributed by atoms with Crippen molar-refractivity contribution in [3.63, 3.8) is 0 Å². The highest BCUT2D eigenvalue weighted by atomic mass is 79.9. The number of halogens is 2. The Bertz CT molecular complexity index is 1010. The van der Waals surface area contributed by atoms with Gasteiger partial charge in [-0.15, -0.1) is 0 Å². The van der Waals surface area contributed by atoms with Gasteiger partial charge >= 0.3 is 0 Å². The van der Waals surface area contributed by atoms with Gasteiger partial charge in [-0.3, -0.25) is 4.79 Å². The van der Waals surface area contributed by atoms with Gasteiger partial charge in [-0.2, -0.15) is 0 Å². The molecule has 1 saturated heterocycles. The van der Waals surface area contributed by atoms with Crippen LogP contribution in [0.1, 0.15) is 18.2 Å². The average Bonchev–Trinajstić information content (AvgIpc) is 3.16. The quantitative estimate of drug-likeness (QED) is 0.576. The Balaban J connectivity index is 1.72. The van der Waals surface area contributed by atoms with E-state index in [0.717, 1.165) is 27.0 Å². The summed E-state index contributed by atoms with van der Waals surface area (Å²) in [4.78, 5) is 19.3. The fourth-order valence-corrected chi connectivity index (χ4v) is 3.95. The Labute approximate surface area is 165 Å².